The van der Waals surface area contributed by atoms with E-state index in [4.69, 9.17) is 27.9 Å². The van der Waals surface area contributed by atoms with Gasteiger partial charge in [-0.2, -0.15) is 0 Å². The molecule has 0 atom stereocenters. The highest BCUT2D eigenvalue weighted by molar-refractivity contribution is 9.10. The van der Waals surface area contributed by atoms with E-state index in [2.05, 4.69) is 15.9 Å². The Morgan fingerprint density at radius 3 is 0.978 bits per heavy atom. The highest BCUT2D eigenvalue weighted by Gasteiger charge is 2.63. The Labute approximate surface area is 285 Å². The Morgan fingerprint density at radius 2 is 0.696 bits per heavy atom. The molecule has 0 saturated carbocycles. The van der Waals surface area contributed by atoms with Crippen molar-refractivity contribution in [2.24, 2.45) is 0 Å². The molecular weight excluding hydrogens is 655 g/mol. The summed E-state index contributed by atoms with van der Waals surface area (Å²) in [6.45, 7) is 31.3. The normalized spacial score (nSPS) is 23.1. The zero-order valence-corrected chi connectivity index (χ0v) is 32.2. The monoisotopic (exact) mass is 706 g/mol. The number of hydrogen-bond acceptors (Lipinski definition) is 6. The number of rotatable bonds is 2. The van der Waals surface area contributed by atoms with Crippen LogP contribution in [0.25, 0.3) is 0 Å². The highest BCUT2D eigenvalue weighted by atomic mass is 79.9. The maximum absolute atomic E-state index is 13.6. The first kappa shape index (κ1) is 39.2. The quantitative estimate of drug-likeness (QED) is 0.294. The molecule has 0 radical (unpaired) electrons. The molecule has 12 heteroatoms. The highest BCUT2D eigenvalue weighted by Crippen LogP contribution is 2.43. The average Bonchev–Trinajstić information content (AvgIpc) is 3.35. The van der Waals surface area contributed by atoms with Gasteiger partial charge in [-0.1, -0.05) is 28.1 Å². The van der Waals surface area contributed by atoms with Crippen LogP contribution in [-0.4, -0.2) is 54.7 Å². The van der Waals surface area contributed by atoms with Crippen molar-refractivity contribution in [2.45, 2.75) is 144 Å². The van der Waals surface area contributed by atoms with Crippen LogP contribution in [0.1, 0.15) is 105 Å². The van der Waals surface area contributed by atoms with E-state index >= 15 is 0 Å². The molecule has 3 fully saturated rings. The van der Waals surface area contributed by atoms with Crippen molar-refractivity contribution in [3.63, 3.8) is 0 Å². The second kappa shape index (κ2) is 13.2. The molecule has 0 aliphatic carbocycles. The van der Waals surface area contributed by atoms with Crippen LogP contribution in [0, 0.1) is 39.3 Å². The Morgan fingerprint density at radius 1 is 0.457 bits per heavy atom. The van der Waals surface area contributed by atoms with Gasteiger partial charge < -0.3 is 27.9 Å². The smallest absolute Gasteiger partial charge is 0.405 e. The fourth-order valence-electron chi connectivity index (χ4n) is 4.99. The lowest BCUT2D eigenvalue weighted by atomic mass is 9.49. The molecule has 0 spiro atoms. The third kappa shape index (κ3) is 8.12. The van der Waals surface area contributed by atoms with Crippen molar-refractivity contribution < 1.29 is 36.7 Å². The second-order valence-corrected chi connectivity index (χ2v) is 16.6. The molecule has 5 rings (SSSR count). The molecular formula is C34H52B3BrF2O6. The lowest BCUT2D eigenvalue weighted by molar-refractivity contribution is 0.00578. The van der Waals surface area contributed by atoms with Crippen LogP contribution in [0.3, 0.4) is 0 Å². The third-order valence-electron chi connectivity index (χ3n) is 10.2. The largest absolute Gasteiger partial charge is 0.494 e. The van der Waals surface area contributed by atoms with Gasteiger partial charge in [-0.05, 0) is 151 Å². The first-order valence-electron chi connectivity index (χ1n) is 15.9. The van der Waals surface area contributed by atoms with Gasteiger partial charge in [0.25, 0.3) is 0 Å². The summed E-state index contributed by atoms with van der Waals surface area (Å²) in [6.07, 6.45) is 0. The van der Waals surface area contributed by atoms with E-state index in [0.29, 0.717) is 22.3 Å². The van der Waals surface area contributed by atoms with Crippen molar-refractivity contribution in [1.82, 2.24) is 0 Å². The number of aryl methyl sites for hydroxylation is 4. The minimum absolute atomic E-state index is 0.108. The van der Waals surface area contributed by atoms with E-state index in [1.807, 2.05) is 83.1 Å². The van der Waals surface area contributed by atoms with E-state index in [-0.39, 0.29) is 45.2 Å². The third-order valence-corrected chi connectivity index (χ3v) is 10.6. The lowest BCUT2D eigenvalue weighted by Crippen LogP contribution is -2.41. The maximum atomic E-state index is 13.6. The van der Waals surface area contributed by atoms with E-state index < -0.39 is 21.1 Å². The molecule has 0 aromatic heterocycles. The molecule has 6 nitrogen and oxygen atoms in total. The molecule has 0 unspecified atom stereocenters. The number of halogens is 3. The summed E-state index contributed by atoms with van der Waals surface area (Å²) in [5.74, 6) is -0.265. The summed E-state index contributed by atoms with van der Waals surface area (Å²) < 4.78 is 63.2. The standard InChI is InChI=1S/C14H20BFO2.C12H24B2O4.C8H8BrF/c1-9-7-11(8-10(2)12(9)16)15-17-13(3,4)14(5,6)18-15;1-9(2)10(3,4)16-13(15-9)14-17-11(5,6)12(7,8)18-14;1-5-3-7(9)4-6(2)8(5)10/h7-8H,1-6H3;1-8H3;3-4H,1-2H3. The number of hydrogen-bond donors (Lipinski definition) is 0. The van der Waals surface area contributed by atoms with Gasteiger partial charge in [-0.15, -0.1) is 0 Å². The first-order chi connectivity index (χ1) is 20.6. The van der Waals surface area contributed by atoms with Gasteiger partial charge in [0.1, 0.15) is 11.6 Å². The Hall–Kier alpha value is -1.27. The van der Waals surface area contributed by atoms with Crippen molar-refractivity contribution in [3.8, 4) is 0 Å². The zero-order chi connectivity index (χ0) is 35.4. The summed E-state index contributed by atoms with van der Waals surface area (Å²) in [6, 6.07) is 7.12. The maximum Gasteiger partial charge on any atom is 0.494 e. The van der Waals surface area contributed by atoms with E-state index in [0.717, 1.165) is 9.94 Å². The first-order valence-corrected chi connectivity index (χ1v) is 16.7. The molecule has 254 valence electrons. The van der Waals surface area contributed by atoms with Crippen LogP contribution < -0.4 is 5.46 Å². The molecule has 3 heterocycles. The second-order valence-electron chi connectivity index (χ2n) is 15.7. The van der Waals surface area contributed by atoms with Crippen LogP contribution in [-0.2, 0) is 27.9 Å². The Kier molecular flexibility index (Phi) is 11.3. The Bertz CT molecular complexity index is 1300. The van der Waals surface area contributed by atoms with Crippen molar-refractivity contribution >= 4 is 42.5 Å². The summed E-state index contributed by atoms with van der Waals surface area (Å²) in [5, 5.41) is 0. The van der Waals surface area contributed by atoms with Crippen LogP contribution in [0.15, 0.2) is 28.7 Å². The summed E-state index contributed by atoms with van der Waals surface area (Å²) in [4.78, 5) is 0. The fraction of sp³-hybridized carbons (Fsp3) is 0.647. The SMILES string of the molecule is CC1(C)OB(B2OC(C)(C)C(C)(C)O2)OC1(C)C.Cc1cc(B2OC(C)(C)C(C)(C)O2)cc(C)c1F.Cc1cc(Br)cc(C)c1F. The van der Waals surface area contributed by atoms with E-state index in [9.17, 15) is 8.78 Å². The van der Waals surface area contributed by atoms with Crippen LogP contribution >= 0.6 is 15.9 Å². The molecule has 2 aromatic carbocycles. The van der Waals surface area contributed by atoms with Gasteiger partial charge in [-0.3, -0.25) is 0 Å². The average molecular weight is 707 g/mol. The summed E-state index contributed by atoms with van der Waals surface area (Å²) in [7, 11) is -1.37. The molecule has 3 aliphatic heterocycles. The van der Waals surface area contributed by atoms with Crippen LogP contribution in [0.4, 0.5) is 8.78 Å². The lowest BCUT2D eigenvalue weighted by Gasteiger charge is -2.32. The summed E-state index contributed by atoms with van der Waals surface area (Å²) in [5.41, 5.74) is 1.33. The minimum Gasteiger partial charge on any atom is -0.405 e. The summed E-state index contributed by atoms with van der Waals surface area (Å²) >= 11 is 3.28. The molecule has 2 aromatic rings. The predicted octanol–water partition coefficient (Wildman–Crippen LogP) is 8.20. The Balaban J connectivity index is 0.000000196. The van der Waals surface area contributed by atoms with E-state index in [1.165, 1.54) is 0 Å². The van der Waals surface area contributed by atoms with Gasteiger partial charge in [-0.25, -0.2) is 8.78 Å². The zero-order valence-electron chi connectivity index (χ0n) is 30.6. The minimum atomic E-state index is -0.476. The topological polar surface area (TPSA) is 55.4 Å². The van der Waals surface area contributed by atoms with Crippen molar-refractivity contribution in [1.29, 1.82) is 0 Å². The van der Waals surface area contributed by atoms with Gasteiger partial charge in [0.2, 0.25) is 0 Å². The van der Waals surface area contributed by atoms with Gasteiger partial charge in [0, 0.05) is 4.47 Å². The van der Waals surface area contributed by atoms with Gasteiger partial charge >= 0.3 is 21.1 Å². The predicted molar refractivity (Wildman–Crippen MR) is 187 cm³/mol. The van der Waals surface area contributed by atoms with Gasteiger partial charge in [0.05, 0.1) is 33.6 Å². The van der Waals surface area contributed by atoms with Gasteiger partial charge in [0.15, 0.2) is 0 Å². The molecule has 3 aliphatic rings. The van der Waals surface area contributed by atoms with Crippen molar-refractivity contribution in [2.75, 3.05) is 0 Å². The fourth-order valence-corrected chi connectivity index (χ4v) is 5.67. The number of benzene rings is 2. The van der Waals surface area contributed by atoms with Crippen LogP contribution in [0.2, 0.25) is 0 Å². The van der Waals surface area contributed by atoms with Crippen LogP contribution in [0.5, 0.6) is 0 Å². The van der Waals surface area contributed by atoms with E-state index in [1.54, 1.807) is 52.0 Å². The van der Waals surface area contributed by atoms with Crippen molar-refractivity contribution in [3.05, 3.63) is 62.6 Å². The molecule has 3 saturated heterocycles. The molecule has 0 N–H and O–H groups in total. The molecule has 0 bridgehead atoms. The molecule has 0 amide bonds. The molecule has 46 heavy (non-hydrogen) atoms.